The number of hydrogen-bond donors (Lipinski definition) is 1. The molecule has 6 heteroatoms. The fourth-order valence-electron chi connectivity index (χ4n) is 2.29. The largest absolute Gasteiger partial charge is 0.492 e. The molecule has 1 amide bonds. The van der Waals surface area contributed by atoms with E-state index in [9.17, 15) is 4.79 Å². The average Bonchev–Trinajstić information content (AvgIpc) is 2.74. The fraction of sp³-hybridized carbons (Fsp3) is 0.412. The molecule has 1 N–H and O–H groups in total. The van der Waals surface area contributed by atoms with Crippen molar-refractivity contribution in [1.29, 1.82) is 0 Å². The first-order chi connectivity index (χ1) is 11.0. The van der Waals surface area contributed by atoms with Gasteiger partial charge >= 0.3 is 0 Å². The second-order valence-corrected chi connectivity index (χ2v) is 5.62. The van der Waals surface area contributed by atoms with E-state index in [-0.39, 0.29) is 5.91 Å². The normalized spacial score (nSPS) is 10.8. The van der Waals surface area contributed by atoms with Gasteiger partial charge in [-0.25, -0.2) is 0 Å². The first kappa shape index (κ1) is 17.0. The van der Waals surface area contributed by atoms with E-state index in [0.29, 0.717) is 19.7 Å². The highest BCUT2D eigenvalue weighted by Gasteiger charge is 2.13. The number of hydrogen-bond acceptors (Lipinski definition) is 4. The molecule has 0 radical (unpaired) electrons. The lowest BCUT2D eigenvalue weighted by Crippen LogP contribution is -2.33. The molecule has 0 aliphatic rings. The Bertz CT molecular complexity index is 652. The van der Waals surface area contributed by atoms with Gasteiger partial charge in [0.25, 0.3) is 0 Å². The van der Waals surface area contributed by atoms with Gasteiger partial charge in [-0.3, -0.25) is 14.4 Å². The Kier molecular flexibility index (Phi) is 5.76. The zero-order valence-electron chi connectivity index (χ0n) is 14.2. The molecule has 6 nitrogen and oxygen atoms in total. The lowest BCUT2D eigenvalue weighted by atomic mass is 10.3. The number of nitrogens with one attached hydrogen (secondary N) is 1. The average molecular weight is 316 g/mol. The predicted octanol–water partition coefficient (Wildman–Crippen LogP) is 1.99. The highest BCUT2D eigenvalue weighted by atomic mass is 16.5. The van der Waals surface area contributed by atoms with Gasteiger partial charge in [-0.2, -0.15) is 5.10 Å². The van der Waals surface area contributed by atoms with Crippen LogP contribution >= 0.6 is 0 Å². The summed E-state index contributed by atoms with van der Waals surface area (Å²) < 4.78 is 7.40. The molecule has 2 rings (SSSR count). The van der Waals surface area contributed by atoms with Crippen LogP contribution in [0.15, 0.2) is 30.3 Å². The molecule has 1 heterocycles. The highest BCUT2D eigenvalue weighted by molar-refractivity contribution is 5.93. The summed E-state index contributed by atoms with van der Waals surface area (Å²) in [4.78, 5) is 14.1. The van der Waals surface area contributed by atoms with Crippen molar-refractivity contribution in [2.45, 2.75) is 13.8 Å². The Labute approximate surface area is 137 Å². The number of ether oxygens (including phenoxy) is 1. The number of anilines is 1. The maximum Gasteiger partial charge on any atom is 0.238 e. The van der Waals surface area contributed by atoms with Crippen LogP contribution < -0.4 is 10.1 Å². The second-order valence-electron chi connectivity index (χ2n) is 5.62. The monoisotopic (exact) mass is 316 g/mol. The summed E-state index contributed by atoms with van der Waals surface area (Å²) in [5.74, 6) is 0.790. The Morgan fingerprint density at radius 3 is 2.61 bits per heavy atom. The zero-order valence-corrected chi connectivity index (χ0v) is 14.2. The molecule has 0 aliphatic heterocycles. The summed E-state index contributed by atoms with van der Waals surface area (Å²) in [5.41, 5.74) is 2.57. The van der Waals surface area contributed by atoms with Gasteiger partial charge < -0.3 is 10.1 Å². The molecular weight excluding hydrogens is 292 g/mol. The summed E-state index contributed by atoms with van der Waals surface area (Å²) in [6.45, 7) is 5.35. The van der Waals surface area contributed by atoms with Crippen molar-refractivity contribution in [2.24, 2.45) is 7.05 Å². The third kappa shape index (κ3) is 4.82. The summed E-state index contributed by atoms with van der Waals surface area (Å²) in [5, 5.41) is 7.23. The van der Waals surface area contributed by atoms with E-state index >= 15 is 0 Å². The molecule has 2 aromatic rings. The minimum Gasteiger partial charge on any atom is -0.492 e. The van der Waals surface area contributed by atoms with Crippen LogP contribution in [0.25, 0.3) is 0 Å². The van der Waals surface area contributed by atoms with Crippen LogP contribution in [0.4, 0.5) is 5.69 Å². The highest BCUT2D eigenvalue weighted by Crippen LogP contribution is 2.18. The van der Waals surface area contributed by atoms with E-state index in [2.05, 4.69) is 10.4 Å². The first-order valence-corrected chi connectivity index (χ1v) is 7.64. The van der Waals surface area contributed by atoms with Crippen LogP contribution in [-0.2, 0) is 11.8 Å². The molecule has 0 spiro atoms. The van der Waals surface area contributed by atoms with Crippen LogP contribution in [0.2, 0.25) is 0 Å². The van der Waals surface area contributed by atoms with Crippen LogP contribution in [0.3, 0.4) is 0 Å². The molecule has 23 heavy (non-hydrogen) atoms. The van der Waals surface area contributed by atoms with E-state index in [1.165, 1.54) is 0 Å². The van der Waals surface area contributed by atoms with Crippen molar-refractivity contribution in [3.8, 4) is 5.75 Å². The summed E-state index contributed by atoms with van der Waals surface area (Å²) >= 11 is 0. The van der Waals surface area contributed by atoms with Gasteiger partial charge in [-0.05, 0) is 33.0 Å². The number of benzene rings is 1. The molecule has 0 aliphatic carbocycles. The molecule has 0 bridgehead atoms. The number of likely N-dealkylation sites (N-methyl/N-ethyl adjacent to an activating group) is 1. The van der Waals surface area contributed by atoms with Gasteiger partial charge in [-0.1, -0.05) is 18.2 Å². The van der Waals surface area contributed by atoms with Crippen molar-refractivity contribution in [3.63, 3.8) is 0 Å². The van der Waals surface area contributed by atoms with E-state index < -0.39 is 0 Å². The Morgan fingerprint density at radius 2 is 2.00 bits per heavy atom. The van der Waals surface area contributed by atoms with Crippen molar-refractivity contribution < 1.29 is 9.53 Å². The Hall–Kier alpha value is -2.34. The molecule has 1 aromatic heterocycles. The summed E-state index contributed by atoms with van der Waals surface area (Å²) in [6, 6.07) is 9.66. The van der Waals surface area contributed by atoms with Crippen LogP contribution in [0.1, 0.15) is 11.4 Å². The van der Waals surface area contributed by atoms with Crippen LogP contribution in [-0.4, -0.2) is 47.3 Å². The molecule has 0 saturated carbocycles. The number of carbonyl (C=O) groups is 1. The van der Waals surface area contributed by atoms with E-state index in [0.717, 1.165) is 22.8 Å². The standard InChI is InChI=1S/C17H24N4O2/c1-13-17(14(2)21(4)19-13)18-16(22)12-20(3)10-11-23-15-8-6-5-7-9-15/h5-9H,10-12H2,1-4H3,(H,18,22). The van der Waals surface area contributed by atoms with Crippen LogP contribution in [0, 0.1) is 13.8 Å². The smallest absolute Gasteiger partial charge is 0.238 e. The number of nitrogens with zero attached hydrogens (tertiary/aromatic N) is 3. The third-order valence-electron chi connectivity index (χ3n) is 3.67. The van der Waals surface area contributed by atoms with Crippen molar-refractivity contribution >= 4 is 11.6 Å². The van der Waals surface area contributed by atoms with Gasteiger partial charge in [0, 0.05) is 13.6 Å². The number of carbonyl (C=O) groups excluding carboxylic acids is 1. The maximum absolute atomic E-state index is 12.1. The molecule has 0 unspecified atom stereocenters. The number of rotatable bonds is 7. The zero-order chi connectivity index (χ0) is 16.8. The summed E-state index contributed by atoms with van der Waals surface area (Å²) in [7, 11) is 3.77. The molecule has 1 aromatic carbocycles. The number of aromatic nitrogens is 2. The second kappa shape index (κ2) is 7.78. The van der Waals surface area contributed by atoms with Crippen LogP contribution in [0.5, 0.6) is 5.75 Å². The third-order valence-corrected chi connectivity index (χ3v) is 3.67. The fourth-order valence-corrected chi connectivity index (χ4v) is 2.29. The lowest BCUT2D eigenvalue weighted by Gasteiger charge is -2.16. The topological polar surface area (TPSA) is 59.4 Å². The molecular formula is C17H24N4O2. The van der Waals surface area contributed by atoms with Crippen molar-refractivity contribution in [3.05, 3.63) is 41.7 Å². The van der Waals surface area contributed by atoms with E-state index in [1.807, 2.05) is 63.2 Å². The van der Waals surface area contributed by atoms with E-state index in [4.69, 9.17) is 4.74 Å². The lowest BCUT2D eigenvalue weighted by molar-refractivity contribution is -0.117. The van der Waals surface area contributed by atoms with Gasteiger partial charge in [0.15, 0.2) is 0 Å². The minimum absolute atomic E-state index is 0.0496. The summed E-state index contributed by atoms with van der Waals surface area (Å²) in [6.07, 6.45) is 0. The Morgan fingerprint density at radius 1 is 1.30 bits per heavy atom. The molecule has 0 atom stereocenters. The van der Waals surface area contributed by atoms with Crippen molar-refractivity contribution in [1.82, 2.24) is 14.7 Å². The Balaban J connectivity index is 1.76. The molecule has 124 valence electrons. The van der Waals surface area contributed by atoms with Gasteiger partial charge in [0.1, 0.15) is 12.4 Å². The van der Waals surface area contributed by atoms with Crippen molar-refractivity contribution in [2.75, 3.05) is 32.1 Å². The molecule has 0 saturated heterocycles. The predicted molar refractivity (Wildman–Crippen MR) is 90.7 cm³/mol. The quantitative estimate of drug-likeness (QED) is 0.848. The minimum atomic E-state index is -0.0496. The van der Waals surface area contributed by atoms with Gasteiger partial charge in [-0.15, -0.1) is 0 Å². The van der Waals surface area contributed by atoms with E-state index in [1.54, 1.807) is 4.68 Å². The maximum atomic E-state index is 12.1. The van der Waals surface area contributed by atoms with Gasteiger partial charge in [0.2, 0.25) is 5.91 Å². The number of aryl methyl sites for hydroxylation is 2. The number of para-hydroxylation sites is 1. The molecule has 0 fully saturated rings. The van der Waals surface area contributed by atoms with Gasteiger partial charge in [0.05, 0.1) is 23.6 Å². The number of amides is 1. The first-order valence-electron chi connectivity index (χ1n) is 7.64. The SMILES string of the molecule is Cc1nn(C)c(C)c1NC(=O)CN(C)CCOc1ccccc1.